The second kappa shape index (κ2) is 5.55. The first-order valence-electron chi connectivity index (χ1n) is 7.20. The number of hydrogen-bond acceptors (Lipinski definition) is 4. The van der Waals surface area contributed by atoms with E-state index < -0.39 is 5.60 Å². The summed E-state index contributed by atoms with van der Waals surface area (Å²) in [5, 5.41) is 0. The number of halogens is 1. The zero-order chi connectivity index (χ0) is 15.8. The van der Waals surface area contributed by atoms with Crippen molar-refractivity contribution in [3.8, 4) is 5.75 Å². The highest BCUT2D eigenvalue weighted by Crippen LogP contribution is 2.49. The molecule has 3 N–H and O–H groups in total. The van der Waals surface area contributed by atoms with Crippen LogP contribution < -0.4 is 16.0 Å². The molecular weight excluding hydrogens is 271 g/mol. The predicted octanol–water partition coefficient (Wildman–Crippen LogP) is 2.93. The molecule has 1 aromatic rings. The van der Waals surface area contributed by atoms with E-state index in [9.17, 15) is 4.39 Å². The molecule has 2 unspecified atom stereocenters. The van der Waals surface area contributed by atoms with E-state index in [1.165, 1.54) is 13.2 Å². The minimum absolute atomic E-state index is 0.0308. The number of hydrazine groups is 1. The molecule has 21 heavy (non-hydrogen) atoms. The lowest BCUT2D eigenvalue weighted by atomic mass is 9.79. The SMILES string of the molecule is COc1cccc(F)c1C(NN)C1CC(C)(C)OC1(C)C. The number of nitrogens with one attached hydrogen (secondary N) is 1. The van der Waals surface area contributed by atoms with Crippen molar-refractivity contribution in [2.24, 2.45) is 11.8 Å². The van der Waals surface area contributed by atoms with Crippen molar-refractivity contribution in [1.82, 2.24) is 5.43 Å². The van der Waals surface area contributed by atoms with Gasteiger partial charge in [0.25, 0.3) is 0 Å². The van der Waals surface area contributed by atoms with Gasteiger partial charge < -0.3 is 9.47 Å². The van der Waals surface area contributed by atoms with Crippen molar-refractivity contribution in [2.75, 3.05) is 7.11 Å². The number of ether oxygens (including phenoxy) is 2. The molecule has 1 aromatic carbocycles. The maximum atomic E-state index is 14.4. The van der Waals surface area contributed by atoms with Gasteiger partial charge in [0, 0.05) is 11.5 Å². The minimum atomic E-state index is -0.409. The second-order valence-corrected chi connectivity index (χ2v) is 6.78. The van der Waals surface area contributed by atoms with Gasteiger partial charge in [0.1, 0.15) is 11.6 Å². The molecule has 4 nitrogen and oxygen atoms in total. The molecule has 2 atom stereocenters. The molecule has 1 fully saturated rings. The molecule has 0 spiro atoms. The van der Waals surface area contributed by atoms with E-state index in [4.69, 9.17) is 15.3 Å². The van der Waals surface area contributed by atoms with Crippen LogP contribution in [0.2, 0.25) is 0 Å². The standard InChI is InChI=1S/C16H25FN2O2/c1-15(2)9-10(16(3,4)21-15)14(19-18)13-11(17)7-6-8-12(13)20-5/h6-8,10,14,19H,9,18H2,1-5H3. The van der Waals surface area contributed by atoms with Gasteiger partial charge in [0.15, 0.2) is 0 Å². The topological polar surface area (TPSA) is 56.5 Å². The summed E-state index contributed by atoms with van der Waals surface area (Å²) in [5.41, 5.74) is 2.56. The molecule has 1 saturated heterocycles. The number of methoxy groups -OCH3 is 1. The lowest BCUT2D eigenvalue weighted by Crippen LogP contribution is -2.41. The van der Waals surface area contributed by atoms with E-state index in [0.29, 0.717) is 11.3 Å². The molecule has 1 aliphatic heterocycles. The van der Waals surface area contributed by atoms with Gasteiger partial charge in [0.05, 0.1) is 24.4 Å². The van der Waals surface area contributed by atoms with E-state index in [-0.39, 0.29) is 23.4 Å². The Morgan fingerprint density at radius 1 is 1.38 bits per heavy atom. The highest BCUT2D eigenvalue weighted by Gasteiger charge is 2.50. The quantitative estimate of drug-likeness (QED) is 0.662. The number of rotatable bonds is 4. The fraction of sp³-hybridized carbons (Fsp3) is 0.625. The molecule has 0 saturated carbocycles. The van der Waals surface area contributed by atoms with Gasteiger partial charge >= 0.3 is 0 Å². The Morgan fingerprint density at radius 2 is 2.05 bits per heavy atom. The number of nitrogens with two attached hydrogens (primary N) is 1. The van der Waals surface area contributed by atoms with E-state index in [0.717, 1.165) is 6.42 Å². The lowest BCUT2D eigenvalue weighted by Gasteiger charge is -2.33. The Kier molecular flexibility index (Phi) is 4.29. The molecule has 5 heteroatoms. The van der Waals surface area contributed by atoms with Crippen LogP contribution in [0.5, 0.6) is 5.75 Å². The Labute approximate surface area is 125 Å². The van der Waals surface area contributed by atoms with Crippen LogP contribution in [-0.2, 0) is 4.74 Å². The summed E-state index contributed by atoms with van der Waals surface area (Å²) < 4.78 is 25.8. The van der Waals surface area contributed by atoms with Crippen LogP contribution in [0.15, 0.2) is 18.2 Å². The summed E-state index contributed by atoms with van der Waals surface area (Å²) in [5.74, 6) is 5.97. The third-order valence-electron chi connectivity index (χ3n) is 4.27. The molecular formula is C16H25FN2O2. The van der Waals surface area contributed by atoms with Crippen molar-refractivity contribution in [3.63, 3.8) is 0 Å². The average molecular weight is 296 g/mol. The number of benzene rings is 1. The fourth-order valence-corrected chi connectivity index (χ4v) is 3.52. The highest BCUT2D eigenvalue weighted by atomic mass is 19.1. The Bertz CT molecular complexity index is 517. The summed E-state index contributed by atoms with van der Waals surface area (Å²) >= 11 is 0. The van der Waals surface area contributed by atoms with Gasteiger partial charge in [-0.1, -0.05) is 6.07 Å². The monoisotopic (exact) mass is 296 g/mol. The van der Waals surface area contributed by atoms with Gasteiger partial charge in [-0.2, -0.15) is 0 Å². The molecule has 118 valence electrons. The van der Waals surface area contributed by atoms with E-state index in [1.54, 1.807) is 12.1 Å². The smallest absolute Gasteiger partial charge is 0.131 e. The van der Waals surface area contributed by atoms with Crippen LogP contribution in [-0.4, -0.2) is 18.3 Å². The second-order valence-electron chi connectivity index (χ2n) is 6.78. The molecule has 1 heterocycles. The molecule has 0 radical (unpaired) electrons. The molecule has 0 bridgehead atoms. The first-order valence-corrected chi connectivity index (χ1v) is 7.20. The molecule has 0 aromatic heterocycles. The Morgan fingerprint density at radius 3 is 2.52 bits per heavy atom. The van der Waals surface area contributed by atoms with Crippen LogP contribution in [0, 0.1) is 11.7 Å². The molecule has 0 amide bonds. The molecule has 2 rings (SSSR count). The zero-order valence-electron chi connectivity index (χ0n) is 13.4. The van der Waals surface area contributed by atoms with Crippen LogP contribution in [0.4, 0.5) is 4.39 Å². The third-order valence-corrected chi connectivity index (χ3v) is 4.27. The normalized spacial score (nSPS) is 24.8. The van der Waals surface area contributed by atoms with Gasteiger partial charge in [-0.3, -0.25) is 11.3 Å². The van der Waals surface area contributed by atoms with Crippen LogP contribution >= 0.6 is 0 Å². The van der Waals surface area contributed by atoms with Crippen molar-refractivity contribution in [2.45, 2.75) is 51.4 Å². The molecule has 0 aliphatic carbocycles. The maximum Gasteiger partial charge on any atom is 0.131 e. The van der Waals surface area contributed by atoms with Crippen molar-refractivity contribution >= 4 is 0 Å². The van der Waals surface area contributed by atoms with Crippen molar-refractivity contribution in [1.29, 1.82) is 0 Å². The summed E-state index contributed by atoms with van der Waals surface area (Å²) in [7, 11) is 1.53. The van der Waals surface area contributed by atoms with Gasteiger partial charge in [0.2, 0.25) is 0 Å². The maximum absolute atomic E-state index is 14.4. The average Bonchev–Trinajstić information content (AvgIpc) is 2.60. The fourth-order valence-electron chi connectivity index (χ4n) is 3.52. The van der Waals surface area contributed by atoms with Crippen LogP contribution in [0.25, 0.3) is 0 Å². The van der Waals surface area contributed by atoms with E-state index in [2.05, 4.69) is 5.43 Å². The Balaban J connectivity index is 2.46. The molecule has 1 aliphatic rings. The third kappa shape index (κ3) is 3.05. The lowest BCUT2D eigenvalue weighted by molar-refractivity contribution is -0.0780. The predicted molar refractivity (Wildman–Crippen MR) is 80.4 cm³/mol. The van der Waals surface area contributed by atoms with Crippen LogP contribution in [0.1, 0.15) is 45.7 Å². The largest absolute Gasteiger partial charge is 0.496 e. The van der Waals surface area contributed by atoms with Crippen molar-refractivity contribution < 1.29 is 13.9 Å². The first-order chi connectivity index (χ1) is 9.72. The van der Waals surface area contributed by atoms with Crippen LogP contribution in [0.3, 0.4) is 0 Å². The summed E-state index contributed by atoms with van der Waals surface area (Å²) in [6, 6.07) is 4.43. The van der Waals surface area contributed by atoms with Crippen molar-refractivity contribution in [3.05, 3.63) is 29.6 Å². The zero-order valence-corrected chi connectivity index (χ0v) is 13.4. The van der Waals surface area contributed by atoms with Gasteiger partial charge in [-0.05, 0) is 46.2 Å². The first kappa shape index (κ1) is 16.2. The highest BCUT2D eigenvalue weighted by molar-refractivity contribution is 5.38. The Hall–Kier alpha value is -1.17. The number of hydrogen-bond donors (Lipinski definition) is 2. The van der Waals surface area contributed by atoms with E-state index in [1.807, 2.05) is 27.7 Å². The summed E-state index contributed by atoms with van der Waals surface area (Å²) in [4.78, 5) is 0. The summed E-state index contributed by atoms with van der Waals surface area (Å²) in [6.07, 6.45) is 0.784. The summed E-state index contributed by atoms with van der Waals surface area (Å²) in [6.45, 7) is 8.12. The van der Waals surface area contributed by atoms with Gasteiger partial charge in [-0.15, -0.1) is 0 Å². The minimum Gasteiger partial charge on any atom is -0.496 e. The van der Waals surface area contributed by atoms with Gasteiger partial charge in [-0.25, -0.2) is 4.39 Å². The van der Waals surface area contributed by atoms with E-state index >= 15 is 0 Å².